The summed E-state index contributed by atoms with van der Waals surface area (Å²) in [5, 5.41) is 9.78. The smallest absolute Gasteiger partial charge is 0.506 e. The van der Waals surface area contributed by atoms with Crippen LogP contribution in [0, 0.1) is 11.3 Å². The van der Waals surface area contributed by atoms with E-state index >= 15 is 0 Å². The number of Topliss-reactive ketones (excluding diaryl/α,β-unsaturated/α-hetero) is 1. The van der Waals surface area contributed by atoms with Crippen LogP contribution in [0.15, 0.2) is 127 Å². The number of hydrogen-bond donors (Lipinski definition) is 1. The van der Waals surface area contributed by atoms with Gasteiger partial charge in [-0.25, -0.2) is 0 Å². The zero-order valence-electron chi connectivity index (χ0n) is 19.1. The Morgan fingerprint density at radius 3 is 1.74 bits per heavy atom. The largest absolute Gasteiger partial charge is 0.650 e. The lowest BCUT2D eigenvalue weighted by Crippen LogP contribution is -3.02. The normalized spacial score (nSPS) is 14.4. The second-order valence-corrected chi connectivity index (χ2v) is 8.45. The van der Waals surface area contributed by atoms with E-state index in [4.69, 9.17) is 4.65 Å². The molecule has 0 atom stereocenters. The fourth-order valence-corrected chi connectivity index (χ4v) is 4.66. The Hall–Kier alpha value is -4.69. The van der Waals surface area contributed by atoms with Crippen LogP contribution >= 0.6 is 0 Å². The molecule has 0 saturated carbocycles. The van der Waals surface area contributed by atoms with Crippen LogP contribution in [0.1, 0.15) is 22.3 Å². The average Bonchev–Trinajstić information content (AvgIpc) is 2.94. The molecule has 0 amide bonds. The summed E-state index contributed by atoms with van der Waals surface area (Å²) in [5.74, 6) is 0.281. The van der Waals surface area contributed by atoms with Crippen molar-refractivity contribution in [2.45, 2.75) is 6.42 Å². The number of hydrogen-bond acceptors (Lipinski definition) is 3. The van der Waals surface area contributed by atoms with E-state index in [-0.39, 0.29) is 12.2 Å². The highest BCUT2D eigenvalue weighted by Gasteiger charge is 2.47. The molecule has 5 rings (SSSR count). The first-order chi connectivity index (χ1) is 17.2. The van der Waals surface area contributed by atoms with Crippen LogP contribution in [-0.4, -0.2) is 18.0 Å². The Balaban J connectivity index is 1.81. The number of nitrogens with one attached hydrogen (secondary N) is 1. The Morgan fingerprint density at radius 2 is 1.23 bits per heavy atom. The van der Waals surface area contributed by atoms with Gasteiger partial charge in [0.15, 0.2) is 5.71 Å². The highest BCUT2D eigenvalue weighted by molar-refractivity contribution is 6.91. The van der Waals surface area contributed by atoms with E-state index in [1.54, 1.807) is 12.1 Å². The van der Waals surface area contributed by atoms with Gasteiger partial charge >= 0.3 is 6.48 Å². The van der Waals surface area contributed by atoms with E-state index in [0.29, 0.717) is 22.6 Å². The van der Waals surface area contributed by atoms with E-state index in [9.17, 15) is 10.1 Å². The molecule has 0 radical (unpaired) electrons. The lowest BCUT2D eigenvalue weighted by molar-refractivity contribution is -0.321. The van der Waals surface area contributed by atoms with Gasteiger partial charge in [0.2, 0.25) is 5.78 Å². The average molecular weight is 454 g/mol. The van der Waals surface area contributed by atoms with Gasteiger partial charge in [-0.1, -0.05) is 132 Å². The monoisotopic (exact) mass is 454 g/mol. The molecule has 1 heterocycles. The van der Waals surface area contributed by atoms with Gasteiger partial charge in [-0.3, -0.25) is 4.79 Å². The fourth-order valence-electron chi connectivity index (χ4n) is 4.66. The molecule has 5 heteroatoms. The van der Waals surface area contributed by atoms with E-state index in [1.165, 1.54) is 0 Å². The number of carbonyl (C=O) groups excluding carboxylic acids is 1. The standard InChI is InChI=1S/C30H23BN2O2/c32-22-21-27-28(29(34)23-13-5-1-6-14-23)30(24-15-7-2-8-16-24)35-31(33-27,25-17-9-3-10-18-25)26-19-11-4-12-20-26/h1-20,33H,21H2. The van der Waals surface area contributed by atoms with Gasteiger partial charge in [0.1, 0.15) is 12.0 Å². The first kappa shape index (κ1) is 22.1. The maximum atomic E-state index is 13.9. The van der Waals surface area contributed by atoms with Crippen LogP contribution in [-0.2, 0) is 4.65 Å². The van der Waals surface area contributed by atoms with Gasteiger partial charge in [0.05, 0.1) is 11.8 Å². The fraction of sp³-hybridized carbons (Fsp3) is 0.0333. The number of nitrogens with zero attached hydrogens (tertiary/aromatic N) is 1. The van der Waals surface area contributed by atoms with Crippen molar-refractivity contribution in [1.82, 2.24) is 0 Å². The molecule has 168 valence electrons. The van der Waals surface area contributed by atoms with Gasteiger partial charge in [0.25, 0.3) is 0 Å². The molecule has 35 heavy (non-hydrogen) atoms. The molecule has 0 saturated heterocycles. The SMILES string of the molecule is N#CCC1=[NH+][B-](c2ccccc2)(c2ccccc2)OC(c2ccccc2)=C1C(=O)c1ccccc1. The number of nitriles is 1. The molecule has 0 bridgehead atoms. The lowest BCUT2D eigenvalue weighted by atomic mass is 9.41. The molecular formula is C30H23BN2O2. The van der Waals surface area contributed by atoms with Crippen LogP contribution in [0.3, 0.4) is 0 Å². The number of benzene rings is 4. The number of rotatable bonds is 6. The summed E-state index contributed by atoms with van der Waals surface area (Å²) in [6, 6.07) is 40.8. The lowest BCUT2D eigenvalue weighted by Gasteiger charge is -2.39. The van der Waals surface area contributed by atoms with E-state index in [1.807, 2.05) is 109 Å². The number of ketones is 1. The highest BCUT2D eigenvalue weighted by Crippen LogP contribution is 2.28. The number of carbonyl (C=O) groups is 1. The first-order valence-corrected chi connectivity index (χ1v) is 11.6. The Labute approximate surface area is 204 Å². The van der Waals surface area contributed by atoms with Gasteiger partial charge in [0, 0.05) is 11.1 Å². The van der Waals surface area contributed by atoms with Crippen molar-refractivity contribution in [3.63, 3.8) is 0 Å². The van der Waals surface area contributed by atoms with Crippen LogP contribution < -0.4 is 15.8 Å². The van der Waals surface area contributed by atoms with Crippen molar-refractivity contribution in [3.8, 4) is 6.07 Å². The molecular weight excluding hydrogens is 431 g/mol. The molecule has 4 aromatic rings. The van der Waals surface area contributed by atoms with E-state index in [2.05, 4.69) is 11.0 Å². The topological polar surface area (TPSA) is 64.1 Å². The minimum atomic E-state index is -2.02. The third-order valence-corrected chi connectivity index (χ3v) is 6.29. The molecule has 1 N–H and O–H groups in total. The molecule has 0 aliphatic carbocycles. The van der Waals surface area contributed by atoms with Crippen LogP contribution in [0.5, 0.6) is 0 Å². The van der Waals surface area contributed by atoms with Crippen molar-refractivity contribution in [2.75, 3.05) is 0 Å². The Morgan fingerprint density at radius 1 is 0.743 bits per heavy atom. The molecule has 1 aliphatic heterocycles. The maximum absolute atomic E-state index is 13.9. The summed E-state index contributed by atoms with van der Waals surface area (Å²) in [4.78, 5) is 17.4. The summed E-state index contributed by atoms with van der Waals surface area (Å²) in [6.07, 6.45) is 0.0385. The van der Waals surface area contributed by atoms with Crippen LogP contribution in [0.25, 0.3) is 5.76 Å². The van der Waals surface area contributed by atoms with Crippen molar-refractivity contribution in [1.29, 1.82) is 5.26 Å². The minimum Gasteiger partial charge on any atom is -0.650 e. The first-order valence-electron chi connectivity index (χ1n) is 11.6. The second kappa shape index (κ2) is 9.66. The Bertz CT molecular complexity index is 1400. The molecule has 4 nitrogen and oxygen atoms in total. The highest BCUT2D eigenvalue weighted by atomic mass is 16.5. The summed E-state index contributed by atoms with van der Waals surface area (Å²) >= 11 is 0. The van der Waals surface area contributed by atoms with E-state index < -0.39 is 6.48 Å². The third kappa shape index (κ3) is 4.18. The maximum Gasteiger partial charge on any atom is 0.506 e. The second-order valence-electron chi connectivity index (χ2n) is 8.45. The number of allylic oxidation sites excluding steroid dienone is 1. The molecule has 4 aromatic carbocycles. The molecule has 0 fully saturated rings. The molecule has 0 aromatic heterocycles. The van der Waals surface area contributed by atoms with E-state index in [0.717, 1.165) is 16.5 Å². The predicted octanol–water partition coefficient (Wildman–Crippen LogP) is 3.00. The van der Waals surface area contributed by atoms with Gasteiger partial charge in [-0.15, -0.1) is 0 Å². The van der Waals surface area contributed by atoms with Gasteiger partial charge < -0.3 is 9.56 Å². The summed E-state index contributed by atoms with van der Waals surface area (Å²) in [7, 11) is 0. The van der Waals surface area contributed by atoms with Crippen molar-refractivity contribution >= 4 is 34.7 Å². The third-order valence-electron chi connectivity index (χ3n) is 6.29. The van der Waals surface area contributed by atoms with Crippen molar-refractivity contribution in [2.24, 2.45) is 0 Å². The quantitative estimate of drug-likeness (QED) is 0.360. The molecule has 1 aliphatic rings. The van der Waals surface area contributed by atoms with Crippen LogP contribution in [0.2, 0.25) is 0 Å². The summed E-state index contributed by atoms with van der Waals surface area (Å²) in [5.41, 5.74) is 4.10. The van der Waals surface area contributed by atoms with Crippen molar-refractivity contribution in [3.05, 3.63) is 138 Å². The van der Waals surface area contributed by atoms with Crippen LogP contribution in [0.4, 0.5) is 0 Å². The Kier molecular flexibility index (Phi) is 6.11. The zero-order chi connectivity index (χ0) is 24.1. The van der Waals surface area contributed by atoms with Crippen molar-refractivity contribution < 1.29 is 14.4 Å². The predicted molar refractivity (Wildman–Crippen MR) is 139 cm³/mol. The zero-order valence-corrected chi connectivity index (χ0v) is 19.1. The molecule has 0 unspecified atom stereocenters. The van der Waals surface area contributed by atoms with Gasteiger partial charge in [-0.05, 0) is 0 Å². The van der Waals surface area contributed by atoms with Gasteiger partial charge in [-0.2, -0.15) is 5.26 Å². The summed E-state index contributed by atoms with van der Waals surface area (Å²) < 4.78 is 6.94. The summed E-state index contributed by atoms with van der Waals surface area (Å²) in [6.45, 7) is -2.02. The molecule has 0 spiro atoms. The minimum absolute atomic E-state index is 0.0385.